The number of hydrogen-bond donors (Lipinski definition) is 1. The van der Waals surface area contributed by atoms with E-state index >= 15 is 0 Å². The Morgan fingerprint density at radius 1 is 1.28 bits per heavy atom. The van der Waals surface area contributed by atoms with Crippen molar-refractivity contribution in [1.82, 2.24) is 14.8 Å². The van der Waals surface area contributed by atoms with Crippen LogP contribution in [0.15, 0.2) is 0 Å². The Hall–Kier alpha value is -1.06. The first-order chi connectivity index (χ1) is 8.60. The van der Waals surface area contributed by atoms with Crippen LogP contribution in [-0.4, -0.2) is 21.3 Å². The van der Waals surface area contributed by atoms with Gasteiger partial charge in [0, 0.05) is 19.0 Å². The SMILES string of the molecule is CCNc1nnc(C2CCCCC2(C)C)n1CC. The predicted octanol–water partition coefficient (Wildman–Crippen LogP) is 3.41. The molecule has 0 radical (unpaired) electrons. The molecule has 4 nitrogen and oxygen atoms in total. The second kappa shape index (κ2) is 5.29. The average Bonchev–Trinajstić information content (AvgIpc) is 2.72. The summed E-state index contributed by atoms with van der Waals surface area (Å²) in [6.45, 7) is 10.8. The van der Waals surface area contributed by atoms with Crippen LogP contribution in [0.4, 0.5) is 5.95 Å². The largest absolute Gasteiger partial charge is 0.355 e. The van der Waals surface area contributed by atoms with Gasteiger partial charge in [0.2, 0.25) is 5.95 Å². The molecule has 0 aromatic carbocycles. The van der Waals surface area contributed by atoms with Crippen LogP contribution in [0, 0.1) is 5.41 Å². The molecule has 0 aliphatic heterocycles. The van der Waals surface area contributed by atoms with Crippen LogP contribution in [0.2, 0.25) is 0 Å². The molecule has 0 saturated heterocycles. The van der Waals surface area contributed by atoms with E-state index in [0.717, 1.165) is 19.0 Å². The fraction of sp³-hybridized carbons (Fsp3) is 0.857. The molecule has 0 bridgehead atoms. The summed E-state index contributed by atoms with van der Waals surface area (Å²) in [5.74, 6) is 2.65. The van der Waals surface area contributed by atoms with E-state index in [-0.39, 0.29) is 0 Å². The second-order valence-electron chi connectivity index (χ2n) is 5.94. The van der Waals surface area contributed by atoms with Crippen LogP contribution in [-0.2, 0) is 6.54 Å². The van der Waals surface area contributed by atoms with E-state index in [4.69, 9.17) is 0 Å². The van der Waals surface area contributed by atoms with Gasteiger partial charge in [-0.1, -0.05) is 26.7 Å². The third-order valence-corrected chi connectivity index (χ3v) is 4.25. The fourth-order valence-corrected chi connectivity index (χ4v) is 3.15. The van der Waals surface area contributed by atoms with Gasteiger partial charge in [0.25, 0.3) is 0 Å². The Morgan fingerprint density at radius 3 is 2.67 bits per heavy atom. The summed E-state index contributed by atoms with van der Waals surface area (Å²) >= 11 is 0. The minimum atomic E-state index is 0.349. The minimum absolute atomic E-state index is 0.349. The van der Waals surface area contributed by atoms with Crippen molar-refractivity contribution in [2.75, 3.05) is 11.9 Å². The zero-order valence-corrected chi connectivity index (χ0v) is 12.2. The summed E-state index contributed by atoms with van der Waals surface area (Å²) in [4.78, 5) is 0. The topological polar surface area (TPSA) is 42.7 Å². The summed E-state index contributed by atoms with van der Waals surface area (Å²) in [7, 11) is 0. The smallest absolute Gasteiger partial charge is 0.224 e. The van der Waals surface area contributed by atoms with E-state index in [0.29, 0.717) is 11.3 Å². The van der Waals surface area contributed by atoms with E-state index < -0.39 is 0 Å². The molecule has 4 heteroatoms. The van der Waals surface area contributed by atoms with Crippen molar-refractivity contribution in [2.24, 2.45) is 5.41 Å². The fourth-order valence-electron chi connectivity index (χ4n) is 3.15. The Morgan fingerprint density at radius 2 is 2.06 bits per heavy atom. The number of hydrogen-bond acceptors (Lipinski definition) is 3. The van der Waals surface area contributed by atoms with Crippen LogP contribution in [0.25, 0.3) is 0 Å². The van der Waals surface area contributed by atoms with Crippen molar-refractivity contribution in [3.05, 3.63) is 5.82 Å². The van der Waals surface area contributed by atoms with Gasteiger partial charge in [-0.2, -0.15) is 0 Å². The first-order valence-electron chi connectivity index (χ1n) is 7.27. The number of rotatable bonds is 4. The lowest BCUT2D eigenvalue weighted by molar-refractivity contribution is 0.188. The van der Waals surface area contributed by atoms with E-state index in [1.165, 1.54) is 31.5 Å². The lowest BCUT2D eigenvalue weighted by Crippen LogP contribution is -2.28. The van der Waals surface area contributed by atoms with Crippen molar-refractivity contribution in [3.8, 4) is 0 Å². The molecule has 1 unspecified atom stereocenters. The molecule has 0 amide bonds. The lowest BCUT2D eigenvalue weighted by Gasteiger charge is -2.38. The third-order valence-electron chi connectivity index (χ3n) is 4.25. The highest BCUT2D eigenvalue weighted by Gasteiger charge is 2.36. The van der Waals surface area contributed by atoms with Crippen LogP contribution < -0.4 is 5.32 Å². The van der Waals surface area contributed by atoms with Crippen LogP contribution in [0.1, 0.15) is 65.1 Å². The van der Waals surface area contributed by atoms with Crippen molar-refractivity contribution in [2.45, 2.75) is 65.8 Å². The van der Waals surface area contributed by atoms with Crippen LogP contribution >= 0.6 is 0 Å². The molecule has 1 atom stereocenters. The highest BCUT2D eigenvalue weighted by molar-refractivity contribution is 5.27. The summed E-state index contributed by atoms with van der Waals surface area (Å²) in [6, 6.07) is 0. The van der Waals surface area contributed by atoms with Gasteiger partial charge >= 0.3 is 0 Å². The number of aromatic nitrogens is 3. The van der Waals surface area contributed by atoms with Crippen LogP contribution in [0.3, 0.4) is 0 Å². The van der Waals surface area contributed by atoms with Crippen molar-refractivity contribution in [3.63, 3.8) is 0 Å². The summed E-state index contributed by atoms with van der Waals surface area (Å²) in [5, 5.41) is 12.1. The zero-order valence-electron chi connectivity index (χ0n) is 12.2. The highest BCUT2D eigenvalue weighted by atomic mass is 15.3. The molecule has 1 saturated carbocycles. The molecule has 18 heavy (non-hydrogen) atoms. The van der Waals surface area contributed by atoms with Crippen molar-refractivity contribution >= 4 is 5.95 Å². The zero-order chi connectivity index (χ0) is 13.2. The van der Waals surface area contributed by atoms with E-state index in [9.17, 15) is 0 Å². The van der Waals surface area contributed by atoms with Crippen molar-refractivity contribution in [1.29, 1.82) is 0 Å². The summed E-state index contributed by atoms with van der Waals surface area (Å²) in [6.07, 6.45) is 5.22. The number of nitrogens with one attached hydrogen (secondary N) is 1. The predicted molar refractivity (Wildman–Crippen MR) is 74.8 cm³/mol. The molecule has 1 fully saturated rings. The normalized spacial score (nSPS) is 23.0. The molecule has 0 spiro atoms. The molecule has 1 aromatic heterocycles. The number of nitrogens with zero attached hydrogens (tertiary/aromatic N) is 3. The van der Waals surface area contributed by atoms with E-state index in [1.54, 1.807) is 0 Å². The maximum Gasteiger partial charge on any atom is 0.224 e. The Kier molecular flexibility index (Phi) is 3.93. The van der Waals surface area contributed by atoms with Gasteiger partial charge in [-0.25, -0.2) is 0 Å². The molecular weight excluding hydrogens is 224 g/mol. The molecule has 1 aliphatic carbocycles. The Bertz CT molecular complexity index is 394. The summed E-state index contributed by atoms with van der Waals surface area (Å²) in [5.41, 5.74) is 0.349. The number of anilines is 1. The van der Waals surface area contributed by atoms with Gasteiger partial charge < -0.3 is 5.32 Å². The Balaban J connectivity index is 2.31. The molecule has 1 aliphatic rings. The second-order valence-corrected chi connectivity index (χ2v) is 5.94. The van der Waals surface area contributed by atoms with Gasteiger partial charge in [0.05, 0.1) is 0 Å². The standard InChI is InChI=1S/C14H26N4/c1-5-15-13-17-16-12(18(13)6-2)11-9-7-8-10-14(11,3)4/h11H,5-10H2,1-4H3,(H,15,17). The van der Waals surface area contributed by atoms with Gasteiger partial charge in [0.15, 0.2) is 0 Å². The molecule has 2 rings (SSSR count). The minimum Gasteiger partial charge on any atom is -0.355 e. The summed E-state index contributed by atoms with van der Waals surface area (Å²) < 4.78 is 2.25. The van der Waals surface area contributed by atoms with E-state index in [1.807, 2.05) is 0 Å². The molecule has 1 aromatic rings. The van der Waals surface area contributed by atoms with Crippen LogP contribution in [0.5, 0.6) is 0 Å². The first-order valence-corrected chi connectivity index (χ1v) is 7.27. The van der Waals surface area contributed by atoms with Gasteiger partial charge in [-0.3, -0.25) is 4.57 Å². The van der Waals surface area contributed by atoms with Gasteiger partial charge in [0.1, 0.15) is 5.82 Å². The third kappa shape index (κ3) is 2.38. The lowest BCUT2D eigenvalue weighted by atomic mass is 9.68. The molecule has 102 valence electrons. The van der Waals surface area contributed by atoms with Crippen molar-refractivity contribution < 1.29 is 0 Å². The molecular formula is C14H26N4. The van der Waals surface area contributed by atoms with E-state index in [2.05, 4.69) is 47.8 Å². The molecule has 1 heterocycles. The molecule has 1 N–H and O–H groups in total. The Labute approximate surface area is 110 Å². The van der Waals surface area contributed by atoms with Gasteiger partial charge in [-0.05, 0) is 32.1 Å². The average molecular weight is 250 g/mol. The monoisotopic (exact) mass is 250 g/mol. The quantitative estimate of drug-likeness (QED) is 0.890. The maximum atomic E-state index is 4.48. The van der Waals surface area contributed by atoms with Gasteiger partial charge in [-0.15, -0.1) is 10.2 Å². The first kappa shape index (κ1) is 13.4. The highest BCUT2D eigenvalue weighted by Crippen LogP contribution is 2.46. The maximum absolute atomic E-state index is 4.48.